The molecule has 0 bridgehead atoms. The molecule has 1 aliphatic rings. The largest absolute Gasteiger partial charge is 0.469 e. The Morgan fingerprint density at radius 2 is 2.14 bits per heavy atom. The van der Waals surface area contributed by atoms with Gasteiger partial charge in [0.05, 0.1) is 7.11 Å². The van der Waals surface area contributed by atoms with Crippen LogP contribution in [0.1, 0.15) is 38.5 Å². The standard InChI is InChI=1S/C11H21NO2/c1-14-11(13)7-10(8-12)6-9-4-2-3-5-9/h9-10H,2-8,12H2,1H3. The highest BCUT2D eigenvalue weighted by Gasteiger charge is 2.21. The molecule has 0 radical (unpaired) electrons. The molecule has 0 spiro atoms. The number of hydrogen-bond donors (Lipinski definition) is 1. The van der Waals surface area contributed by atoms with E-state index in [0.29, 0.717) is 18.9 Å². The lowest BCUT2D eigenvalue weighted by atomic mass is 9.91. The summed E-state index contributed by atoms with van der Waals surface area (Å²) in [6.07, 6.45) is 6.92. The fourth-order valence-electron chi connectivity index (χ4n) is 2.30. The normalized spacial score (nSPS) is 19.6. The molecule has 3 nitrogen and oxygen atoms in total. The van der Waals surface area contributed by atoms with Gasteiger partial charge in [-0.05, 0) is 24.8 Å². The minimum absolute atomic E-state index is 0.126. The maximum Gasteiger partial charge on any atom is 0.305 e. The summed E-state index contributed by atoms with van der Waals surface area (Å²) in [4.78, 5) is 11.1. The Bertz CT molecular complexity index is 176. The van der Waals surface area contributed by atoms with Crippen LogP contribution in [0.25, 0.3) is 0 Å². The summed E-state index contributed by atoms with van der Waals surface area (Å²) >= 11 is 0. The Morgan fingerprint density at radius 1 is 1.50 bits per heavy atom. The van der Waals surface area contributed by atoms with E-state index in [1.54, 1.807) is 0 Å². The van der Waals surface area contributed by atoms with Gasteiger partial charge in [-0.25, -0.2) is 0 Å². The van der Waals surface area contributed by atoms with E-state index in [1.165, 1.54) is 32.8 Å². The van der Waals surface area contributed by atoms with Crippen LogP contribution < -0.4 is 5.73 Å². The predicted octanol–water partition coefficient (Wildman–Crippen LogP) is 1.70. The smallest absolute Gasteiger partial charge is 0.305 e. The van der Waals surface area contributed by atoms with E-state index in [-0.39, 0.29) is 5.97 Å². The summed E-state index contributed by atoms with van der Waals surface area (Å²) in [5.41, 5.74) is 5.65. The van der Waals surface area contributed by atoms with Gasteiger partial charge in [-0.15, -0.1) is 0 Å². The van der Waals surface area contributed by atoms with Crippen molar-refractivity contribution in [2.24, 2.45) is 17.6 Å². The van der Waals surface area contributed by atoms with Gasteiger partial charge in [-0.3, -0.25) is 4.79 Å². The fourth-order valence-corrected chi connectivity index (χ4v) is 2.30. The Labute approximate surface area is 86.0 Å². The molecule has 0 saturated heterocycles. The van der Waals surface area contributed by atoms with Crippen molar-refractivity contribution in [1.82, 2.24) is 0 Å². The minimum atomic E-state index is -0.126. The Kier molecular flexibility index (Phi) is 4.94. The van der Waals surface area contributed by atoms with Gasteiger partial charge in [-0.2, -0.15) is 0 Å². The molecule has 1 fully saturated rings. The second-order valence-corrected chi connectivity index (χ2v) is 4.27. The molecule has 0 amide bonds. The summed E-state index contributed by atoms with van der Waals surface area (Å²) in [5, 5.41) is 0. The van der Waals surface area contributed by atoms with Crippen LogP contribution in [0.4, 0.5) is 0 Å². The van der Waals surface area contributed by atoms with Crippen LogP contribution in [-0.2, 0) is 9.53 Å². The molecule has 0 heterocycles. The summed E-state index contributed by atoms with van der Waals surface area (Å²) < 4.78 is 4.65. The van der Waals surface area contributed by atoms with Crippen molar-refractivity contribution in [3.05, 3.63) is 0 Å². The van der Waals surface area contributed by atoms with Gasteiger partial charge in [0.1, 0.15) is 0 Å². The molecule has 1 unspecified atom stereocenters. The lowest BCUT2D eigenvalue weighted by molar-refractivity contribution is -0.141. The number of carbonyl (C=O) groups excluding carboxylic acids is 1. The summed E-state index contributed by atoms with van der Waals surface area (Å²) in [7, 11) is 1.44. The number of rotatable bonds is 5. The van der Waals surface area contributed by atoms with Crippen LogP contribution in [0.2, 0.25) is 0 Å². The average molecular weight is 199 g/mol. The van der Waals surface area contributed by atoms with Gasteiger partial charge in [0.25, 0.3) is 0 Å². The maximum atomic E-state index is 11.1. The second-order valence-electron chi connectivity index (χ2n) is 4.27. The molecule has 1 aliphatic carbocycles. The van der Waals surface area contributed by atoms with Gasteiger partial charge in [0.15, 0.2) is 0 Å². The van der Waals surface area contributed by atoms with Crippen molar-refractivity contribution in [3.8, 4) is 0 Å². The van der Waals surface area contributed by atoms with Crippen LogP contribution in [0, 0.1) is 11.8 Å². The van der Waals surface area contributed by atoms with Gasteiger partial charge < -0.3 is 10.5 Å². The summed E-state index contributed by atoms with van der Waals surface area (Å²) in [6.45, 7) is 0.603. The van der Waals surface area contributed by atoms with Gasteiger partial charge in [0, 0.05) is 6.42 Å². The van der Waals surface area contributed by atoms with Crippen molar-refractivity contribution >= 4 is 5.97 Å². The first-order valence-electron chi connectivity index (χ1n) is 5.53. The fraction of sp³-hybridized carbons (Fsp3) is 0.909. The number of nitrogens with two attached hydrogens (primary N) is 1. The lowest BCUT2D eigenvalue weighted by Crippen LogP contribution is -2.21. The zero-order valence-electron chi connectivity index (χ0n) is 9.00. The van der Waals surface area contributed by atoms with E-state index in [0.717, 1.165) is 12.3 Å². The monoisotopic (exact) mass is 199 g/mol. The van der Waals surface area contributed by atoms with Gasteiger partial charge >= 0.3 is 5.97 Å². The molecule has 0 aromatic heterocycles. The van der Waals surface area contributed by atoms with Crippen molar-refractivity contribution in [3.63, 3.8) is 0 Å². The van der Waals surface area contributed by atoms with E-state index < -0.39 is 0 Å². The molecule has 0 aliphatic heterocycles. The van der Waals surface area contributed by atoms with Crippen LogP contribution in [0.5, 0.6) is 0 Å². The van der Waals surface area contributed by atoms with Crippen LogP contribution in [0.3, 0.4) is 0 Å². The molecule has 1 atom stereocenters. The number of esters is 1. The third kappa shape index (κ3) is 3.66. The highest BCUT2D eigenvalue weighted by Crippen LogP contribution is 2.31. The van der Waals surface area contributed by atoms with E-state index in [2.05, 4.69) is 4.74 Å². The van der Waals surface area contributed by atoms with Crippen LogP contribution in [0.15, 0.2) is 0 Å². The van der Waals surface area contributed by atoms with Crippen molar-refractivity contribution in [2.75, 3.05) is 13.7 Å². The first kappa shape index (κ1) is 11.5. The van der Waals surface area contributed by atoms with Crippen molar-refractivity contribution < 1.29 is 9.53 Å². The quantitative estimate of drug-likeness (QED) is 0.686. The Balaban J connectivity index is 2.26. The molecule has 3 heteroatoms. The third-order valence-corrected chi connectivity index (χ3v) is 3.16. The third-order valence-electron chi connectivity index (χ3n) is 3.16. The summed E-state index contributed by atoms with van der Waals surface area (Å²) in [6, 6.07) is 0. The molecule has 0 aromatic carbocycles. The van der Waals surface area contributed by atoms with Crippen LogP contribution >= 0.6 is 0 Å². The van der Waals surface area contributed by atoms with Crippen molar-refractivity contribution in [2.45, 2.75) is 38.5 Å². The van der Waals surface area contributed by atoms with E-state index in [9.17, 15) is 4.79 Å². The zero-order valence-corrected chi connectivity index (χ0v) is 9.00. The molecular formula is C11H21NO2. The molecule has 0 aromatic rings. The highest BCUT2D eigenvalue weighted by molar-refractivity contribution is 5.69. The number of methoxy groups -OCH3 is 1. The number of hydrogen-bond acceptors (Lipinski definition) is 3. The maximum absolute atomic E-state index is 11.1. The Morgan fingerprint density at radius 3 is 2.64 bits per heavy atom. The molecule has 14 heavy (non-hydrogen) atoms. The molecule has 1 saturated carbocycles. The van der Waals surface area contributed by atoms with Crippen LogP contribution in [-0.4, -0.2) is 19.6 Å². The molecule has 82 valence electrons. The SMILES string of the molecule is COC(=O)CC(CN)CC1CCCC1. The molecule has 1 rings (SSSR count). The number of ether oxygens (including phenoxy) is 1. The predicted molar refractivity (Wildman–Crippen MR) is 55.8 cm³/mol. The Hall–Kier alpha value is -0.570. The summed E-state index contributed by atoms with van der Waals surface area (Å²) in [5.74, 6) is 0.997. The average Bonchev–Trinajstić information content (AvgIpc) is 2.69. The lowest BCUT2D eigenvalue weighted by Gasteiger charge is -2.17. The molecule has 2 N–H and O–H groups in total. The van der Waals surface area contributed by atoms with Crippen molar-refractivity contribution in [1.29, 1.82) is 0 Å². The van der Waals surface area contributed by atoms with Gasteiger partial charge in [-0.1, -0.05) is 25.7 Å². The first-order chi connectivity index (χ1) is 6.76. The minimum Gasteiger partial charge on any atom is -0.469 e. The second kappa shape index (κ2) is 6.02. The van der Waals surface area contributed by atoms with Gasteiger partial charge in [0.2, 0.25) is 0 Å². The van der Waals surface area contributed by atoms with E-state index >= 15 is 0 Å². The van der Waals surface area contributed by atoms with E-state index in [1.807, 2.05) is 0 Å². The van der Waals surface area contributed by atoms with E-state index in [4.69, 9.17) is 5.73 Å². The zero-order chi connectivity index (χ0) is 10.4. The topological polar surface area (TPSA) is 52.3 Å². The number of carbonyl (C=O) groups is 1. The first-order valence-corrected chi connectivity index (χ1v) is 5.53. The molecular weight excluding hydrogens is 178 g/mol. The highest BCUT2D eigenvalue weighted by atomic mass is 16.5.